The van der Waals surface area contributed by atoms with Crippen molar-refractivity contribution in [3.05, 3.63) is 23.8 Å². The molecule has 1 saturated carbocycles. The second kappa shape index (κ2) is 4.44. The molecular formula is C13H17N3. The molecule has 0 amide bonds. The van der Waals surface area contributed by atoms with Crippen LogP contribution in [0, 0.1) is 17.2 Å². The van der Waals surface area contributed by atoms with Gasteiger partial charge in [-0.25, -0.2) is 0 Å². The van der Waals surface area contributed by atoms with Crippen LogP contribution >= 0.6 is 0 Å². The number of hydrogen-bond donors (Lipinski definition) is 2. The maximum absolute atomic E-state index is 8.87. The fraction of sp³-hybridized carbons (Fsp3) is 0.462. The van der Waals surface area contributed by atoms with E-state index in [1.807, 2.05) is 12.1 Å². The van der Waals surface area contributed by atoms with E-state index in [1.165, 1.54) is 19.3 Å². The number of anilines is 2. The highest BCUT2D eigenvalue weighted by Crippen LogP contribution is 2.34. The molecular weight excluding hydrogens is 198 g/mol. The predicted octanol–water partition coefficient (Wildman–Crippen LogP) is 2.74. The Kier molecular flexibility index (Phi) is 3.00. The quantitative estimate of drug-likeness (QED) is 0.759. The number of nitrogens with one attached hydrogen (secondary N) is 1. The van der Waals surface area contributed by atoms with Crippen molar-refractivity contribution < 1.29 is 0 Å². The van der Waals surface area contributed by atoms with Crippen molar-refractivity contribution in [2.24, 2.45) is 5.92 Å². The third-order valence-electron chi connectivity index (χ3n) is 2.97. The van der Waals surface area contributed by atoms with Gasteiger partial charge < -0.3 is 11.1 Å². The van der Waals surface area contributed by atoms with Crippen LogP contribution < -0.4 is 11.1 Å². The van der Waals surface area contributed by atoms with E-state index in [-0.39, 0.29) is 0 Å². The molecule has 0 aliphatic heterocycles. The molecule has 0 bridgehead atoms. The van der Waals surface area contributed by atoms with Gasteiger partial charge in [0.25, 0.3) is 0 Å². The Morgan fingerprint density at radius 1 is 1.56 bits per heavy atom. The largest absolute Gasteiger partial charge is 0.398 e. The van der Waals surface area contributed by atoms with Crippen molar-refractivity contribution in [1.29, 1.82) is 5.26 Å². The average Bonchev–Trinajstić information content (AvgIpc) is 3.04. The smallest absolute Gasteiger partial charge is 0.101 e. The molecule has 2 rings (SSSR count). The lowest BCUT2D eigenvalue weighted by molar-refractivity contribution is 0.642. The number of nitrogen functional groups attached to an aromatic ring is 1. The minimum atomic E-state index is 0.461. The van der Waals surface area contributed by atoms with Gasteiger partial charge in [-0.2, -0.15) is 5.26 Å². The van der Waals surface area contributed by atoms with Crippen molar-refractivity contribution in [2.45, 2.75) is 32.2 Å². The minimum Gasteiger partial charge on any atom is -0.398 e. The zero-order valence-corrected chi connectivity index (χ0v) is 9.53. The molecule has 84 valence electrons. The lowest BCUT2D eigenvalue weighted by atomic mass is 10.1. The number of hydrogen-bond acceptors (Lipinski definition) is 3. The summed E-state index contributed by atoms with van der Waals surface area (Å²) in [5.41, 5.74) is 7.75. The van der Waals surface area contributed by atoms with Crippen molar-refractivity contribution in [2.75, 3.05) is 11.1 Å². The molecule has 1 aliphatic rings. The van der Waals surface area contributed by atoms with Gasteiger partial charge in [0.05, 0.1) is 5.56 Å². The fourth-order valence-electron chi connectivity index (χ4n) is 1.94. The Morgan fingerprint density at radius 3 is 2.94 bits per heavy atom. The highest BCUT2D eigenvalue weighted by Gasteiger charge is 2.23. The zero-order chi connectivity index (χ0) is 11.5. The highest BCUT2D eigenvalue weighted by molar-refractivity contribution is 5.62. The van der Waals surface area contributed by atoms with E-state index in [0.29, 0.717) is 17.3 Å². The maximum atomic E-state index is 8.87. The van der Waals surface area contributed by atoms with Gasteiger partial charge in [-0.15, -0.1) is 0 Å². The van der Waals surface area contributed by atoms with Gasteiger partial charge in [0, 0.05) is 17.4 Å². The third kappa shape index (κ3) is 2.66. The lowest BCUT2D eigenvalue weighted by Crippen LogP contribution is -2.15. The molecule has 3 N–H and O–H groups in total. The molecule has 16 heavy (non-hydrogen) atoms. The van der Waals surface area contributed by atoms with Crippen LogP contribution in [0.4, 0.5) is 11.4 Å². The van der Waals surface area contributed by atoms with E-state index in [9.17, 15) is 0 Å². The van der Waals surface area contributed by atoms with Gasteiger partial charge in [-0.05, 0) is 37.5 Å². The van der Waals surface area contributed by atoms with E-state index in [4.69, 9.17) is 11.0 Å². The second-order valence-corrected chi connectivity index (χ2v) is 4.64. The molecule has 3 nitrogen and oxygen atoms in total. The van der Waals surface area contributed by atoms with E-state index < -0.39 is 0 Å². The van der Waals surface area contributed by atoms with Crippen molar-refractivity contribution in [3.8, 4) is 6.07 Å². The van der Waals surface area contributed by atoms with Crippen molar-refractivity contribution >= 4 is 11.4 Å². The first-order chi connectivity index (χ1) is 7.69. The molecule has 1 fully saturated rings. The van der Waals surface area contributed by atoms with E-state index in [2.05, 4.69) is 18.3 Å². The van der Waals surface area contributed by atoms with E-state index in [0.717, 1.165) is 11.6 Å². The molecule has 1 aliphatic carbocycles. The molecule has 1 unspecified atom stereocenters. The summed E-state index contributed by atoms with van der Waals surface area (Å²) in [5.74, 6) is 0.909. The minimum absolute atomic E-state index is 0.461. The monoisotopic (exact) mass is 215 g/mol. The summed E-state index contributed by atoms with van der Waals surface area (Å²) in [6, 6.07) is 8.09. The standard InChI is InChI=1S/C13H17N3/c1-9(6-10-2-3-10)16-12-4-5-13(15)11(7-12)8-14/h4-5,7,9-10,16H,2-3,6,15H2,1H3. The first-order valence-corrected chi connectivity index (χ1v) is 5.75. The van der Waals surface area contributed by atoms with Crippen molar-refractivity contribution in [1.82, 2.24) is 0 Å². The number of nitrogens with zero attached hydrogens (tertiary/aromatic N) is 1. The summed E-state index contributed by atoms with van der Waals surface area (Å²) >= 11 is 0. The Balaban J connectivity index is 2.00. The number of benzene rings is 1. The Bertz CT molecular complexity index is 416. The van der Waals surface area contributed by atoms with E-state index >= 15 is 0 Å². The summed E-state index contributed by atoms with van der Waals surface area (Å²) in [5, 5.41) is 12.3. The fourth-order valence-corrected chi connectivity index (χ4v) is 1.94. The summed E-state index contributed by atoms with van der Waals surface area (Å²) < 4.78 is 0. The van der Waals surface area contributed by atoms with Gasteiger partial charge in [0.1, 0.15) is 6.07 Å². The molecule has 1 aromatic carbocycles. The molecule has 0 heterocycles. The van der Waals surface area contributed by atoms with Crippen LogP contribution in [0.25, 0.3) is 0 Å². The summed E-state index contributed by atoms with van der Waals surface area (Å²) in [7, 11) is 0. The molecule has 1 aromatic rings. The van der Waals surface area contributed by atoms with Crippen LogP contribution in [0.3, 0.4) is 0 Å². The molecule has 0 saturated heterocycles. The van der Waals surface area contributed by atoms with Gasteiger partial charge in [0.2, 0.25) is 0 Å². The second-order valence-electron chi connectivity index (χ2n) is 4.64. The van der Waals surface area contributed by atoms with Gasteiger partial charge in [0.15, 0.2) is 0 Å². The van der Waals surface area contributed by atoms with Gasteiger partial charge >= 0.3 is 0 Å². The Labute approximate surface area is 96.3 Å². The summed E-state index contributed by atoms with van der Waals surface area (Å²) in [6.45, 7) is 2.18. The number of nitrogens with two attached hydrogens (primary N) is 1. The molecule has 3 heteroatoms. The first-order valence-electron chi connectivity index (χ1n) is 5.75. The van der Waals surface area contributed by atoms with Crippen LogP contribution in [0.15, 0.2) is 18.2 Å². The van der Waals surface area contributed by atoms with E-state index in [1.54, 1.807) is 6.07 Å². The molecule has 1 atom stereocenters. The number of rotatable bonds is 4. The average molecular weight is 215 g/mol. The Morgan fingerprint density at radius 2 is 2.31 bits per heavy atom. The zero-order valence-electron chi connectivity index (χ0n) is 9.53. The van der Waals surface area contributed by atoms with Crippen LogP contribution in [0.1, 0.15) is 31.7 Å². The van der Waals surface area contributed by atoms with Gasteiger partial charge in [-0.3, -0.25) is 0 Å². The van der Waals surface area contributed by atoms with Crippen LogP contribution in [0.5, 0.6) is 0 Å². The molecule has 0 aromatic heterocycles. The third-order valence-corrected chi connectivity index (χ3v) is 2.97. The van der Waals surface area contributed by atoms with Crippen molar-refractivity contribution in [3.63, 3.8) is 0 Å². The predicted molar refractivity (Wildman–Crippen MR) is 66.0 cm³/mol. The summed E-state index contributed by atoms with van der Waals surface area (Å²) in [6.07, 6.45) is 3.96. The van der Waals surface area contributed by atoms with Crippen LogP contribution in [-0.2, 0) is 0 Å². The molecule has 0 radical (unpaired) electrons. The SMILES string of the molecule is CC(CC1CC1)Nc1ccc(N)c(C#N)c1. The number of nitriles is 1. The normalized spacial score (nSPS) is 16.5. The highest BCUT2D eigenvalue weighted by atomic mass is 14.9. The summed E-state index contributed by atoms with van der Waals surface area (Å²) in [4.78, 5) is 0. The lowest BCUT2D eigenvalue weighted by Gasteiger charge is -2.15. The first kappa shape index (κ1) is 10.8. The maximum Gasteiger partial charge on any atom is 0.101 e. The topological polar surface area (TPSA) is 61.8 Å². The van der Waals surface area contributed by atoms with Gasteiger partial charge in [-0.1, -0.05) is 12.8 Å². The molecule has 0 spiro atoms. The van der Waals surface area contributed by atoms with Crippen LogP contribution in [0.2, 0.25) is 0 Å². The Hall–Kier alpha value is -1.69. The van der Waals surface area contributed by atoms with Crippen LogP contribution in [-0.4, -0.2) is 6.04 Å².